The van der Waals surface area contributed by atoms with Crippen LogP contribution in [0.15, 0.2) is 17.5 Å². The minimum atomic E-state index is -4.62. The van der Waals surface area contributed by atoms with Crippen molar-refractivity contribution in [2.75, 3.05) is 11.9 Å². The number of thiazole rings is 1. The molecule has 1 heterocycles. The van der Waals surface area contributed by atoms with Gasteiger partial charge in [0.2, 0.25) is 11.8 Å². The van der Waals surface area contributed by atoms with Crippen molar-refractivity contribution in [2.45, 2.75) is 25.4 Å². The molecular formula is C17H15F5N4O5S. The van der Waals surface area contributed by atoms with Crippen molar-refractivity contribution in [1.82, 2.24) is 15.8 Å². The first kappa shape index (κ1) is 24.9. The average Bonchev–Trinajstić information content (AvgIpc) is 3.14. The van der Waals surface area contributed by atoms with E-state index in [0.29, 0.717) is 0 Å². The van der Waals surface area contributed by atoms with E-state index in [2.05, 4.69) is 15.0 Å². The number of nitrogens with one attached hydrogen (secondary N) is 3. The maximum absolute atomic E-state index is 14.0. The summed E-state index contributed by atoms with van der Waals surface area (Å²) in [6.07, 6.45) is -6.35. The minimum absolute atomic E-state index is 0.0112. The number of ether oxygens (including phenoxy) is 1. The second-order valence-corrected chi connectivity index (χ2v) is 6.92. The molecule has 32 heavy (non-hydrogen) atoms. The molecule has 0 unspecified atom stereocenters. The van der Waals surface area contributed by atoms with E-state index in [9.17, 15) is 36.3 Å². The molecule has 0 aliphatic carbocycles. The third kappa shape index (κ3) is 6.84. The highest BCUT2D eigenvalue weighted by molar-refractivity contribution is 7.13. The SMILES string of the molecule is O=C(CCCNC(=O)Cc1csc(NC(=O)OC(F)(F)c2ccc(F)c(F)c2F)n1)NO. The number of hydrogen-bond acceptors (Lipinski definition) is 7. The number of rotatable bonds is 9. The molecule has 174 valence electrons. The summed E-state index contributed by atoms with van der Waals surface area (Å²) in [4.78, 5) is 38.1. The van der Waals surface area contributed by atoms with Gasteiger partial charge in [0.1, 0.15) is 5.56 Å². The zero-order chi connectivity index (χ0) is 23.9. The Bertz CT molecular complexity index is 1000. The first-order valence-corrected chi connectivity index (χ1v) is 9.57. The van der Waals surface area contributed by atoms with Crippen LogP contribution in [0, 0.1) is 17.5 Å². The lowest BCUT2D eigenvalue weighted by atomic mass is 10.2. The van der Waals surface area contributed by atoms with Gasteiger partial charge in [-0.25, -0.2) is 28.4 Å². The van der Waals surface area contributed by atoms with Gasteiger partial charge in [-0.2, -0.15) is 8.78 Å². The Morgan fingerprint density at radius 3 is 2.53 bits per heavy atom. The summed E-state index contributed by atoms with van der Waals surface area (Å²) in [5, 5.41) is 13.8. The summed E-state index contributed by atoms with van der Waals surface area (Å²) >= 11 is 0.772. The molecule has 0 bridgehead atoms. The van der Waals surface area contributed by atoms with Gasteiger partial charge in [-0.1, -0.05) is 0 Å². The fourth-order valence-corrected chi connectivity index (χ4v) is 2.94. The second-order valence-electron chi connectivity index (χ2n) is 6.06. The van der Waals surface area contributed by atoms with Crippen LogP contribution in [0.25, 0.3) is 0 Å². The van der Waals surface area contributed by atoms with Crippen LogP contribution in [0.3, 0.4) is 0 Å². The Kier molecular flexibility index (Phi) is 8.42. The van der Waals surface area contributed by atoms with Gasteiger partial charge >= 0.3 is 12.2 Å². The van der Waals surface area contributed by atoms with Gasteiger partial charge in [0.25, 0.3) is 0 Å². The summed E-state index contributed by atoms with van der Waals surface area (Å²) in [6, 6.07) is 0.486. The van der Waals surface area contributed by atoms with Gasteiger partial charge in [-0.15, -0.1) is 11.3 Å². The van der Waals surface area contributed by atoms with Gasteiger partial charge in [0.15, 0.2) is 22.6 Å². The molecule has 4 N–H and O–H groups in total. The quantitative estimate of drug-likeness (QED) is 0.143. The standard InChI is InChI=1S/C17H15F5N4O5S/c18-10-4-3-9(13(19)14(10)20)17(21,22)31-16(29)25-15-24-8(7-32-15)6-12(28)23-5-1-2-11(27)26-30/h3-4,7,30H,1-2,5-6H2,(H,23,28)(H,26,27)(H,24,25,29). The molecular weight excluding hydrogens is 467 g/mol. The summed E-state index contributed by atoms with van der Waals surface area (Å²) in [7, 11) is 0. The number of anilines is 1. The van der Waals surface area contributed by atoms with Crippen molar-refractivity contribution in [3.05, 3.63) is 46.2 Å². The fraction of sp³-hybridized carbons (Fsp3) is 0.294. The molecule has 0 spiro atoms. The van der Waals surface area contributed by atoms with Gasteiger partial charge in [0.05, 0.1) is 12.1 Å². The van der Waals surface area contributed by atoms with E-state index in [1.54, 1.807) is 0 Å². The molecule has 1 aromatic carbocycles. The highest BCUT2D eigenvalue weighted by Gasteiger charge is 2.41. The molecule has 0 aliphatic heterocycles. The van der Waals surface area contributed by atoms with E-state index in [-0.39, 0.29) is 48.8 Å². The number of aromatic nitrogens is 1. The summed E-state index contributed by atoms with van der Waals surface area (Å²) in [5.41, 5.74) is -0.0660. The van der Waals surface area contributed by atoms with Gasteiger partial charge in [-0.3, -0.25) is 20.1 Å². The van der Waals surface area contributed by atoms with Crippen LogP contribution >= 0.6 is 11.3 Å². The Morgan fingerprint density at radius 1 is 1.12 bits per heavy atom. The van der Waals surface area contributed by atoms with Crippen LogP contribution in [0.5, 0.6) is 0 Å². The zero-order valence-electron chi connectivity index (χ0n) is 15.9. The fourth-order valence-electron chi connectivity index (χ4n) is 2.24. The molecule has 0 saturated heterocycles. The Hall–Kier alpha value is -3.33. The maximum Gasteiger partial charge on any atom is 0.432 e. The topological polar surface area (TPSA) is 130 Å². The maximum atomic E-state index is 14.0. The number of halogens is 5. The van der Waals surface area contributed by atoms with Crippen LogP contribution in [-0.4, -0.2) is 34.6 Å². The smallest absolute Gasteiger partial charge is 0.380 e. The van der Waals surface area contributed by atoms with Crippen molar-refractivity contribution in [1.29, 1.82) is 0 Å². The average molecular weight is 482 g/mol. The zero-order valence-corrected chi connectivity index (χ0v) is 16.7. The summed E-state index contributed by atoms with van der Waals surface area (Å²) in [6.45, 7) is 0.142. The van der Waals surface area contributed by atoms with E-state index in [0.717, 1.165) is 11.3 Å². The Morgan fingerprint density at radius 2 is 1.84 bits per heavy atom. The van der Waals surface area contributed by atoms with Crippen molar-refractivity contribution in [2.24, 2.45) is 0 Å². The minimum Gasteiger partial charge on any atom is -0.380 e. The van der Waals surface area contributed by atoms with Crippen LogP contribution in [-0.2, 0) is 26.9 Å². The number of nitrogens with zero attached hydrogens (tertiary/aromatic N) is 1. The largest absolute Gasteiger partial charge is 0.432 e. The summed E-state index contributed by atoms with van der Waals surface area (Å²) < 4.78 is 71.3. The number of hydroxylamine groups is 1. The monoisotopic (exact) mass is 482 g/mol. The van der Waals surface area contributed by atoms with Crippen molar-refractivity contribution >= 4 is 34.4 Å². The number of carbonyl (C=O) groups is 3. The first-order valence-electron chi connectivity index (χ1n) is 8.69. The normalized spacial score (nSPS) is 11.1. The van der Waals surface area contributed by atoms with Crippen LogP contribution in [0.1, 0.15) is 24.1 Å². The van der Waals surface area contributed by atoms with E-state index in [1.165, 1.54) is 10.9 Å². The molecule has 0 radical (unpaired) electrons. The third-order valence-electron chi connectivity index (χ3n) is 3.70. The van der Waals surface area contributed by atoms with Crippen molar-refractivity contribution in [3.8, 4) is 0 Å². The van der Waals surface area contributed by atoms with E-state index in [4.69, 9.17) is 5.21 Å². The number of alkyl halides is 2. The first-order chi connectivity index (χ1) is 15.0. The molecule has 0 aliphatic rings. The predicted octanol–water partition coefficient (Wildman–Crippen LogP) is 2.80. The lowest BCUT2D eigenvalue weighted by molar-refractivity contribution is -0.206. The molecule has 0 atom stereocenters. The van der Waals surface area contributed by atoms with E-state index >= 15 is 0 Å². The lowest BCUT2D eigenvalue weighted by Crippen LogP contribution is -2.28. The van der Waals surface area contributed by atoms with Crippen LogP contribution in [0.2, 0.25) is 0 Å². The third-order valence-corrected chi connectivity index (χ3v) is 4.51. The van der Waals surface area contributed by atoms with Crippen molar-refractivity contribution < 1.29 is 46.3 Å². The molecule has 0 saturated carbocycles. The Balaban J connectivity index is 1.87. The van der Waals surface area contributed by atoms with Gasteiger partial charge < -0.3 is 10.1 Å². The van der Waals surface area contributed by atoms with Crippen molar-refractivity contribution in [3.63, 3.8) is 0 Å². The predicted molar refractivity (Wildman–Crippen MR) is 98.3 cm³/mol. The van der Waals surface area contributed by atoms with Gasteiger partial charge in [-0.05, 0) is 18.6 Å². The number of benzene rings is 1. The highest BCUT2D eigenvalue weighted by Crippen LogP contribution is 2.33. The number of amides is 3. The van der Waals surface area contributed by atoms with Crippen LogP contribution in [0.4, 0.5) is 31.9 Å². The molecule has 15 heteroatoms. The van der Waals surface area contributed by atoms with Gasteiger partial charge in [0, 0.05) is 18.3 Å². The van der Waals surface area contributed by atoms with Crippen LogP contribution < -0.4 is 16.1 Å². The molecule has 2 rings (SSSR count). The lowest BCUT2D eigenvalue weighted by Gasteiger charge is -2.17. The number of carbonyl (C=O) groups excluding carboxylic acids is 3. The number of hydrogen-bond donors (Lipinski definition) is 4. The van der Waals surface area contributed by atoms with E-state index in [1.807, 2.05) is 5.32 Å². The molecule has 9 nitrogen and oxygen atoms in total. The summed E-state index contributed by atoms with van der Waals surface area (Å²) in [5.74, 6) is -7.14. The highest BCUT2D eigenvalue weighted by atomic mass is 32.1. The molecule has 0 fully saturated rings. The van der Waals surface area contributed by atoms with E-state index < -0.39 is 47.0 Å². The molecule has 2 aromatic rings. The second kappa shape index (κ2) is 10.8. The Labute approximate surface area is 180 Å². The molecule has 1 aromatic heterocycles. The molecule has 3 amide bonds.